The molecule has 1 aromatic carbocycles. The van der Waals surface area contributed by atoms with E-state index >= 15 is 0 Å². The Morgan fingerprint density at radius 1 is 1.13 bits per heavy atom. The lowest BCUT2D eigenvalue weighted by atomic mass is 10.1. The second-order valence-electron chi connectivity index (χ2n) is 6.68. The van der Waals surface area contributed by atoms with Gasteiger partial charge in [-0.05, 0) is 19.4 Å². The fourth-order valence-electron chi connectivity index (χ4n) is 3.01. The van der Waals surface area contributed by atoms with Gasteiger partial charge in [-0.25, -0.2) is 9.59 Å². The highest BCUT2D eigenvalue weighted by Crippen LogP contribution is 2.14. The van der Waals surface area contributed by atoms with Gasteiger partial charge in [0.25, 0.3) is 5.56 Å². The molecule has 0 spiro atoms. The van der Waals surface area contributed by atoms with Crippen LogP contribution in [0.3, 0.4) is 0 Å². The van der Waals surface area contributed by atoms with Crippen LogP contribution in [0, 0.1) is 13.8 Å². The number of nitrogens with zero attached hydrogens (tertiary/aromatic N) is 3. The number of esters is 1. The van der Waals surface area contributed by atoms with Gasteiger partial charge >= 0.3 is 11.7 Å². The minimum Gasteiger partial charge on any atom is -0.454 e. The number of ether oxygens (including phenoxy) is 1. The SMILES string of the molecule is Cc1noc(C)c1C(=O)OCC(=O)c1c(N)n(Cc2ccccc2)c(=O)n(C)c1=O. The molecule has 0 amide bonds. The molecule has 0 aliphatic heterocycles. The summed E-state index contributed by atoms with van der Waals surface area (Å²) in [5.41, 5.74) is 5.26. The van der Waals surface area contributed by atoms with E-state index in [1.54, 1.807) is 31.2 Å². The van der Waals surface area contributed by atoms with Crippen LogP contribution >= 0.6 is 0 Å². The number of benzene rings is 1. The molecular formula is C20H20N4O6. The zero-order chi connectivity index (χ0) is 22.0. The molecule has 3 aromatic rings. The first-order chi connectivity index (χ1) is 14.2. The summed E-state index contributed by atoms with van der Waals surface area (Å²) >= 11 is 0. The highest BCUT2D eigenvalue weighted by Gasteiger charge is 2.25. The Bertz CT molecular complexity index is 1220. The van der Waals surface area contributed by atoms with Gasteiger partial charge < -0.3 is 15.0 Å². The lowest BCUT2D eigenvalue weighted by molar-refractivity contribution is 0.0471. The van der Waals surface area contributed by atoms with Crippen LogP contribution in [-0.4, -0.2) is 32.7 Å². The van der Waals surface area contributed by atoms with E-state index in [1.807, 2.05) is 6.07 Å². The third-order valence-electron chi connectivity index (χ3n) is 4.62. The summed E-state index contributed by atoms with van der Waals surface area (Å²) in [6.07, 6.45) is 0. The summed E-state index contributed by atoms with van der Waals surface area (Å²) < 4.78 is 11.8. The fraction of sp³-hybridized carbons (Fsp3) is 0.250. The second kappa shape index (κ2) is 8.19. The van der Waals surface area contributed by atoms with Crippen molar-refractivity contribution in [1.82, 2.24) is 14.3 Å². The largest absolute Gasteiger partial charge is 0.454 e. The quantitative estimate of drug-likeness (QED) is 0.464. The van der Waals surface area contributed by atoms with Crippen molar-refractivity contribution < 1.29 is 18.8 Å². The van der Waals surface area contributed by atoms with E-state index in [9.17, 15) is 19.2 Å². The van der Waals surface area contributed by atoms with E-state index in [0.717, 1.165) is 14.7 Å². The number of anilines is 1. The molecule has 0 saturated carbocycles. The van der Waals surface area contributed by atoms with Crippen molar-refractivity contribution in [3.05, 3.63) is 79.3 Å². The molecule has 10 nitrogen and oxygen atoms in total. The first-order valence-corrected chi connectivity index (χ1v) is 8.98. The van der Waals surface area contributed by atoms with E-state index in [2.05, 4.69) is 5.16 Å². The van der Waals surface area contributed by atoms with Crippen molar-refractivity contribution in [2.45, 2.75) is 20.4 Å². The molecule has 30 heavy (non-hydrogen) atoms. The van der Waals surface area contributed by atoms with Gasteiger partial charge in [0.1, 0.15) is 22.7 Å². The number of nitrogens with two attached hydrogens (primary N) is 1. The van der Waals surface area contributed by atoms with Gasteiger partial charge in [0.05, 0.1) is 12.2 Å². The van der Waals surface area contributed by atoms with Crippen LogP contribution in [0.1, 0.15) is 37.7 Å². The Kier molecular flexibility index (Phi) is 5.67. The molecule has 2 heterocycles. The van der Waals surface area contributed by atoms with Crippen LogP contribution in [0.2, 0.25) is 0 Å². The molecule has 0 aliphatic carbocycles. The Hall–Kier alpha value is -3.95. The smallest absolute Gasteiger partial charge is 0.344 e. The van der Waals surface area contributed by atoms with Crippen LogP contribution in [0.5, 0.6) is 0 Å². The molecule has 0 bridgehead atoms. The number of rotatable bonds is 6. The molecule has 156 valence electrons. The first kappa shape index (κ1) is 20.8. The normalized spacial score (nSPS) is 10.8. The minimum absolute atomic E-state index is 0.0682. The predicted octanol–water partition coefficient (Wildman–Crippen LogP) is 0.822. The Morgan fingerprint density at radius 2 is 1.80 bits per heavy atom. The van der Waals surface area contributed by atoms with Crippen molar-refractivity contribution in [2.24, 2.45) is 7.05 Å². The van der Waals surface area contributed by atoms with Crippen LogP contribution in [0.15, 0.2) is 44.4 Å². The van der Waals surface area contributed by atoms with Gasteiger partial charge in [-0.1, -0.05) is 35.5 Å². The third-order valence-corrected chi connectivity index (χ3v) is 4.62. The van der Waals surface area contributed by atoms with Crippen molar-refractivity contribution in [2.75, 3.05) is 12.3 Å². The molecule has 0 fully saturated rings. The van der Waals surface area contributed by atoms with Crippen LogP contribution in [0.25, 0.3) is 0 Å². The molecule has 10 heteroatoms. The van der Waals surface area contributed by atoms with Gasteiger partial charge in [-0.2, -0.15) is 0 Å². The molecule has 0 aliphatic rings. The van der Waals surface area contributed by atoms with Gasteiger partial charge in [0, 0.05) is 7.05 Å². The number of aromatic nitrogens is 3. The van der Waals surface area contributed by atoms with Crippen molar-refractivity contribution >= 4 is 17.6 Å². The molecule has 0 radical (unpaired) electrons. The lowest BCUT2D eigenvalue weighted by Crippen LogP contribution is -2.43. The average Bonchev–Trinajstić information content (AvgIpc) is 3.07. The summed E-state index contributed by atoms with van der Waals surface area (Å²) in [5, 5.41) is 3.65. The molecular weight excluding hydrogens is 392 g/mol. The van der Waals surface area contributed by atoms with Gasteiger partial charge in [0.15, 0.2) is 6.61 Å². The summed E-state index contributed by atoms with van der Waals surface area (Å²) in [5.74, 6) is -1.68. The number of aryl methyl sites for hydroxylation is 2. The number of carbonyl (C=O) groups is 2. The van der Waals surface area contributed by atoms with Gasteiger partial charge in [-0.3, -0.25) is 18.7 Å². The molecule has 2 aromatic heterocycles. The Morgan fingerprint density at radius 3 is 2.40 bits per heavy atom. The van der Waals surface area contributed by atoms with Gasteiger partial charge in [-0.15, -0.1) is 0 Å². The molecule has 2 N–H and O–H groups in total. The van der Waals surface area contributed by atoms with E-state index in [4.69, 9.17) is 15.0 Å². The molecule has 0 atom stereocenters. The average molecular weight is 412 g/mol. The predicted molar refractivity (Wildman–Crippen MR) is 106 cm³/mol. The van der Waals surface area contributed by atoms with Crippen molar-refractivity contribution in [3.63, 3.8) is 0 Å². The Labute approximate surface area is 170 Å². The zero-order valence-electron chi connectivity index (χ0n) is 16.7. The van der Waals surface area contributed by atoms with Crippen LogP contribution in [0.4, 0.5) is 5.82 Å². The lowest BCUT2D eigenvalue weighted by Gasteiger charge is -2.14. The zero-order valence-corrected chi connectivity index (χ0v) is 16.7. The van der Waals surface area contributed by atoms with Crippen molar-refractivity contribution in [1.29, 1.82) is 0 Å². The number of nitrogen functional groups attached to an aromatic ring is 1. The van der Waals surface area contributed by atoms with Gasteiger partial charge in [0.2, 0.25) is 5.78 Å². The molecule has 0 unspecified atom stereocenters. The summed E-state index contributed by atoms with van der Waals surface area (Å²) in [7, 11) is 1.25. The summed E-state index contributed by atoms with van der Waals surface area (Å²) in [6, 6.07) is 8.96. The standard InChI is InChI=1S/C20H20N4O6/c1-11-15(12(2)30-22-11)19(27)29-10-14(25)16-17(21)24(20(28)23(3)18(16)26)9-13-7-5-4-6-8-13/h4-8H,9-10,21H2,1-3H3. The summed E-state index contributed by atoms with van der Waals surface area (Å²) in [4.78, 5) is 50.0. The van der Waals surface area contributed by atoms with E-state index in [-0.39, 0.29) is 23.7 Å². The highest BCUT2D eigenvalue weighted by molar-refractivity contribution is 6.02. The maximum atomic E-state index is 12.7. The van der Waals surface area contributed by atoms with Crippen molar-refractivity contribution in [3.8, 4) is 0 Å². The monoisotopic (exact) mass is 412 g/mol. The minimum atomic E-state index is -0.861. The second-order valence-corrected chi connectivity index (χ2v) is 6.68. The molecule has 3 rings (SSSR count). The number of carbonyl (C=O) groups excluding carboxylic acids is 2. The number of hydrogen-bond donors (Lipinski definition) is 1. The number of hydrogen-bond acceptors (Lipinski definition) is 8. The third kappa shape index (κ3) is 3.79. The van der Waals surface area contributed by atoms with Crippen LogP contribution < -0.4 is 17.0 Å². The summed E-state index contributed by atoms with van der Waals surface area (Å²) in [6.45, 7) is 2.43. The van der Waals surface area contributed by atoms with E-state index < -0.39 is 35.2 Å². The van der Waals surface area contributed by atoms with E-state index in [1.165, 1.54) is 14.0 Å². The number of ketones is 1. The van der Waals surface area contributed by atoms with Crippen LogP contribution in [-0.2, 0) is 18.3 Å². The Balaban J connectivity index is 1.91. The topological polar surface area (TPSA) is 139 Å². The maximum Gasteiger partial charge on any atom is 0.344 e. The highest BCUT2D eigenvalue weighted by atomic mass is 16.5. The first-order valence-electron chi connectivity index (χ1n) is 8.98. The molecule has 0 saturated heterocycles. The number of Topliss-reactive ketones (excluding diaryl/α,β-unsaturated/α-hetero) is 1. The van der Waals surface area contributed by atoms with E-state index in [0.29, 0.717) is 5.69 Å². The fourth-order valence-corrected chi connectivity index (χ4v) is 3.01. The maximum absolute atomic E-state index is 12.7.